The second-order valence-corrected chi connectivity index (χ2v) is 7.82. The molecular formula is C16H20N2O2S2. The minimum Gasteiger partial charge on any atom is -0.372 e. The number of amides is 1. The molecule has 0 N–H and O–H groups in total. The number of hydrogen-bond donors (Lipinski definition) is 0. The van der Waals surface area contributed by atoms with Crippen molar-refractivity contribution in [2.45, 2.75) is 46.4 Å². The maximum absolute atomic E-state index is 11.5. The van der Waals surface area contributed by atoms with Crippen molar-refractivity contribution in [3.8, 4) is 10.6 Å². The molecule has 22 heavy (non-hydrogen) atoms. The Morgan fingerprint density at radius 2 is 2.32 bits per heavy atom. The lowest BCUT2D eigenvalue weighted by Crippen LogP contribution is -2.33. The summed E-state index contributed by atoms with van der Waals surface area (Å²) < 4.78 is 5.61. The van der Waals surface area contributed by atoms with Gasteiger partial charge in [-0.15, -0.1) is 22.7 Å². The molecule has 3 rings (SSSR count). The lowest BCUT2D eigenvalue weighted by atomic mass is 10.1. The highest BCUT2D eigenvalue weighted by Crippen LogP contribution is 2.35. The number of rotatable bonds is 4. The smallest absolute Gasteiger partial charge is 0.219 e. The third kappa shape index (κ3) is 3.39. The first-order valence-corrected chi connectivity index (χ1v) is 9.16. The summed E-state index contributed by atoms with van der Waals surface area (Å²) in [6.07, 6.45) is 1.17. The van der Waals surface area contributed by atoms with E-state index >= 15 is 0 Å². The molecule has 3 heterocycles. The normalized spacial score (nSPS) is 14.5. The Bertz CT molecular complexity index is 675. The maximum Gasteiger partial charge on any atom is 0.219 e. The molecular weight excluding hydrogens is 316 g/mol. The van der Waals surface area contributed by atoms with E-state index in [2.05, 4.69) is 16.4 Å². The van der Waals surface area contributed by atoms with Crippen LogP contribution in [0.5, 0.6) is 0 Å². The van der Waals surface area contributed by atoms with E-state index < -0.39 is 0 Å². The van der Waals surface area contributed by atoms with Gasteiger partial charge in [0.15, 0.2) is 0 Å². The molecule has 2 aromatic rings. The van der Waals surface area contributed by atoms with Crippen LogP contribution in [0.2, 0.25) is 0 Å². The molecule has 1 aliphatic rings. The molecule has 0 atom stereocenters. The first-order valence-electron chi connectivity index (χ1n) is 7.46. The van der Waals surface area contributed by atoms with E-state index in [0.29, 0.717) is 6.61 Å². The Labute approximate surface area is 138 Å². The van der Waals surface area contributed by atoms with Gasteiger partial charge in [-0.05, 0) is 31.9 Å². The average molecular weight is 336 g/mol. The van der Waals surface area contributed by atoms with Gasteiger partial charge in [0, 0.05) is 30.3 Å². The van der Waals surface area contributed by atoms with Crippen LogP contribution < -0.4 is 0 Å². The lowest BCUT2D eigenvalue weighted by Gasteiger charge is -2.25. The third-order valence-electron chi connectivity index (χ3n) is 3.66. The zero-order valence-electron chi connectivity index (χ0n) is 13.1. The molecule has 1 aliphatic heterocycles. The number of thiazole rings is 1. The van der Waals surface area contributed by atoms with Crippen LogP contribution >= 0.6 is 22.7 Å². The van der Waals surface area contributed by atoms with Gasteiger partial charge in [-0.1, -0.05) is 0 Å². The predicted molar refractivity (Wildman–Crippen MR) is 90.1 cm³/mol. The largest absolute Gasteiger partial charge is 0.372 e. The first kappa shape index (κ1) is 15.6. The minimum atomic E-state index is 0.153. The average Bonchev–Trinajstić information content (AvgIpc) is 3.10. The zero-order chi connectivity index (χ0) is 15.7. The summed E-state index contributed by atoms with van der Waals surface area (Å²) >= 11 is 3.45. The number of carbonyl (C=O) groups is 1. The van der Waals surface area contributed by atoms with Crippen LogP contribution in [-0.4, -0.2) is 28.4 Å². The highest BCUT2D eigenvalue weighted by atomic mass is 32.1. The second-order valence-electron chi connectivity index (χ2n) is 5.74. The summed E-state index contributed by atoms with van der Waals surface area (Å²) in [6.45, 7) is 7.83. The van der Waals surface area contributed by atoms with Gasteiger partial charge >= 0.3 is 0 Å². The van der Waals surface area contributed by atoms with Gasteiger partial charge in [-0.25, -0.2) is 4.98 Å². The Morgan fingerprint density at radius 3 is 3.05 bits per heavy atom. The van der Waals surface area contributed by atoms with Crippen molar-refractivity contribution >= 4 is 28.6 Å². The van der Waals surface area contributed by atoms with Crippen LogP contribution in [0.3, 0.4) is 0 Å². The summed E-state index contributed by atoms with van der Waals surface area (Å²) in [5.41, 5.74) is 2.30. The molecule has 4 nitrogen and oxygen atoms in total. The Kier molecular flexibility index (Phi) is 4.61. The van der Waals surface area contributed by atoms with Crippen LogP contribution in [0.1, 0.15) is 36.2 Å². The molecule has 0 radical (unpaired) electrons. The topological polar surface area (TPSA) is 42.4 Å². The van der Waals surface area contributed by atoms with Gasteiger partial charge in [0.2, 0.25) is 5.91 Å². The maximum atomic E-state index is 11.5. The second kappa shape index (κ2) is 6.48. The fourth-order valence-electron chi connectivity index (χ4n) is 2.46. The summed E-state index contributed by atoms with van der Waals surface area (Å²) in [4.78, 5) is 20.7. The number of fused-ring (bicyclic) bond motifs is 1. The predicted octanol–water partition coefficient (Wildman–Crippen LogP) is 3.70. The van der Waals surface area contributed by atoms with Crippen LogP contribution in [0.15, 0.2) is 11.4 Å². The van der Waals surface area contributed by atoms with Crippen molar-refractivity contribution < 1.29 is 9.53 Å². The van der Waals surface area contributed by atoms with E-state index in [1.165, 1.54) is 15.3 Å². The summed E-state index contributed by atoms with van der Waals surface area (Å²) in [7, 11) is 0. The monoisotopic (exact) mass is 336 g/mol. The fourth-order valence-corrected chi connectivity index (χ4v) is 4.37. The third-order valence-corrected chi connectivity index (χ3v) is 5.74. The van der Waals surface area contributed by atoms with Crippen LogP contribution in [0.4, 0.5) is 0 Å². The summed E-state index contributed by atoms with van der Waals surface area (Å²) in [5, 5.41) is 3.11. The van der Waals surface area contributed by atoms with E-state index in [-0.39, 0.29) is 12.0 Å². The van der Waals surface area contributed by atoms with Crippen LogP contribution in [0, 0.1) is 0 Å². The van der Waals surface area contributed by atoms with Gasteiger partial charge in [-0.2, -0.15) is 0 Å². The molecule has 0 unspecified atom stereocenters. The number of nitrogens with zero attached hydrogens (tertiary/aromatic N) is 2. The number of ether oxygens (including phenoxy) is 1. The summed E-state index contributed by atoms with van der Waals surface area (Å²) in [5.74, 6) is 0.153. The number of aromatic nitrogens is 1. The SMILES string of the molecule is CC(=O)N1CCc2sc(-c3csc(COC(C)C)n3)cc2C1. The van der Waals surface area contributed by atoms with Gasteiger partial charge in [0.25, 0.3) is 0 Å². The lowest BCUT2D eigenvalue weighted by molar-refractivity contribution is -0.129. The van der Waals surface area contributed by atoms with Crippen molar-refractivity contribution in [1.29, 1.82) is 0 Å². The molecule has 0 saturated carbocycles. The van der Waals surface area contributed by atoms with Gasteiger partial charge in [0.1, 0.15) is 5.01 Å². The molecule has 0 aromatic carbocycles. The van der Waals surface area contributed by atoms with Crippen LogP contribution in [-0.2, 0) is 29.1 Å². The molecule has 1 amide bonds. The van der Waals surface area contributed by atoms with Crippen LogP contribution in [0.25, 0.3) is 10.6 Å². The first-order chi connectivity index (χ1) is 10.5. The number of hydrogen-bond acceptors (Lipinski definition) is 5. The van der Waals surface area contributed by atoms with E-state index in [4.69, 9.17) is 4.74 Å². The van der Waals surface area contributed by atoms with Crippen molar-refractivity contribution in [1.82, 2.24) is 9.88 Å². The highest BCUT2D eigenvalue weighted by molar-refractivity contribution is 7.16. The molecule has 6 heteroatoms. The Balaban J connectivity index is 1.75. The van der Waals surface area contributed by atoms with Gasteiger partial charge in [-0.3, -0.25) is 4.79 Å². The standard InChI is InChI=1S/C16H20N2O2S2/c1-10(2)20-8-16-17-13(9-21-16)15-6-12-7-18(11(3)19)5-4-14(12)22-15/h6,9-10H,4-5,7-8H2,1-3H3. The quantitative estimate of drug-likeness (QED) is 0.855. The van der Waals surface area contributed by atoms with Crippen molar-refractivity contribution in [2.75, 3.05) is 6.54 Å². The number of carbonyl (C=O) groups excluding carboxylic acids is 1. The van der Waals surface area contributed by atoms with Gasteiger partial charge in [0.05, 0.1) is 23.3 Å². The van der Waals surface area contributed by atoms with E-state index in [1.54, 1.807) is 29.6 Å². The molecule has 0 bridgehead atoms. The van der Waals surface area contributed by atoms with E-state index in [9.17, 15) is 4.79 Å². The van der Waals surface area contributed by atoms with Gasteiger partial charge < -0.3 is 9.64 Å². The molecule has 2 aromatic heterocycles. The fraction of sp³-hybridized carbons (Fsp3) is 0.500. The molecule has 118 valence electrons. The summed E-state index contributed by atoms with van der Waals surface area (Å²) in [6, 6.07) is 2.19. The van der Waals surface area contributed by atoms with Crippen molar-refractivity contribution in [3.05, 3.63) is 26.9 Å². The van der Waals surface area contributed by atoms with E-state index in [0.717, 1.165) is 30.2 Å². The Morgan fingerprint density at radius 1 is 1.50 bits per heavy atom. The Hall–Kier alpha value is -1.24. The number of thiophene rings is 1. The zero-order valence-corrected chi connectivity index (χ0v) is 14.7. The highest BCUT2D eigenvalue weighted by Gasteiger charge is 2.21. The minimum absolute atomic E-state index is 0.153. The van der Waals surface area contributed by atoms with Crippen molar-refractivity contribution in [2.24, 2.45) is 0 Å². The van der Waals surface area contributed by atoms with E-state index in [1.807, 2.05) is 18.7 Å². The molecule has 0 aliphatic carbocycles. The molecule has 0 fully saturated rings. The van der Waals surface area contributed by atoms with Crippen molar-refractivity contribution in [3.63, 3.8) is 0 Å². The molecule has 0 saturated heterocycles. The molecule has 0 spiro atoms.